The van der Waals surface area contributed by atoms with E-state index in [4.69, 9.17) is 4.74 Å². The van der Waals surface area contributed by atoms with Crippen molar-refractivity contribution in [3.8, 4) is 5.75 Å². The van der Waals surface area contributed by atoms with E-state index in [9.17, 15) is 17.6 Å². The highest BCUT2D eigenvalue weighted by molar-refractivity contribution is 7.91. The highest BCUT2D eigenvalue weighted by atomic mass is 32.2. The molecule has 4 rings (SSSR count). The van der Waals surface area contributed by atoms with Crippen molar-refractivity contribution in [2.75, 3.05) is 11.5 Å². The maximum Gasteiger partial charge on any atom is 0.264 e. The summed E-state index contributed by atoms with van der Waals surface area (Å²) in [6, 6.07) is 19.3. The molecule has 0 radical (unpaired) electrons. The van der Waals surface area contributed by atoms with Crippen LogP contribution in [-0.4, -0.2) is 42.9 Å². The zero-order chi connectivity index (χ0) is 22.7. The fraction of sp³-hybridized carbons (Fsp3) is 0.320. The van der Waals surface area contributed by atoms with Gasteiger partial charge in [-0.15, -0.1) is 0 Å². The summed E-state index contributed by atoms with van der Waals surface area (Å²) in [7, 11) is -3.20. The highest BCUT2D eigenvalue weighted by Crippen LogP contribution is 2.27. The molecule has 0 aliphatic carbocycles. The Morgan fingerprint density at radius 2 is 1.81 bits per heavy atom. The van der Waals surface area contributed by atoms with E-state index in [1.54, 1.807) is 24.0 Å². The second-order valence-electron chi connectivity index (χ2n) is 8.11. The van der Waals surface area contributed by atoms with Crippen LogP contribution in [0.3, 0.4) is 0 Å². The normalized spacial score (nSPS) is 18.4. The number of carbonyl (C=O) groups excluding carboxylic acids is 1. The van der Waals surface area contributed by atoms with Gasteiger partial charge in [0.05, 0.1) is 11.5 Å². The molecule has 1 aliphatic rings. The van der Waals surface area contributed by atoms with Gasteiger partial charge in [-0.1, -0.05) is 61.5 Å². The van der Waals surface area contributed by atoms with Crippen molar-refractivity contribution in [3.05, 3.63) is 78.1 Å². The molecule has 1 aliphatic heterocycles. The predicted octanol–water partition coefficient (Wildman–Crippen LogP) is 4.35. The third-order valence-corrected chi connectivity index (χ3v) is 7.66. The van der Waals surface area contributed by atoms with Gasteiger partial charge in [0.25, 0.3) is 5.91 Å². The minimum Gasteiger partial charge on any atom is -0.478 e. The van der Waals surface area contributed by atoms with Gasteiger partial charge in [-0.25, -0.2) is 12.8 Å². The first-order chi connectivity index (χ1) is 15.4. The maximum absolute atomic E-state index is 14.1. The monoisotopic (exact) mass is 455 g/mol. The summed E-state index contributed by atoms with van der Waals surface area (Å²) in [5.74, 6) is -0.868. The lowest BCUT2D eigenvalue weighted by Gasteiger charge is -2.32. The zero-order valence-corrected chi connectivity index (χ0v) is 18.7. The fourth-order valence-corrected chi connectivity index (χ4v) is 5.94. The molecular formula is C25H26FNO4S. The Labute approximate surface area is 187 Å². The lowest BCUT2D eigenvalue weighted by molar-refractivity contribution is -0.141. The van der Waals surface area contributed by atoms with Gasteiger partial charge in [0.1, 0.15) is 0 Å². The van der Waals surface area contributed by atoms with Crippen molar-refractivity contribution in [2.24, 2.45) is 0 Å². The number of nitrogens with zero attached hydrogens (tertiary/aromatic N) is 1. The number of sulfone groups is 1. The van der Waals surface area contributed by atoms with Crippen LogP contribution in [0, 0.1) is 5.82 Å². The van der Waals surface area contributed by atoms with Crippen molar-refractivity contribution < 1.29 is 22.3 Å². The first-order valence-corrected chi connectivity index (χ1v) is 12.6. The molecule has 168 valence electrons. The van der Waals surface area contributed by atoms with Crippen LogP contribution in [0.5, 0.6) is 5.75 Å². The molecule has 0 N–H and O–H groups in total. The summed E-state index contributed by atoms with van der Waals surface area (Å²) >= 11 is 0. The molecule has 0 bridgehead atoms. The first-order valence-electron chi connectivity index (χ1n) is 10.8. The molecule has 2 atom stereocenters. The van der Waals surface area contributed by atoms with Crippen molar-refractivity contribution in [3.63, 3.8) is 0 Å². The lowest BCUT2D eigenvalue weighted by Crippen LogP contribution is -2.47. The molecule has 1 saturated heterocycles. The summed E-state index contributed by atoms with van der Waals surface area (Å²) in [4.78, 5) is 15.2. The second kappa shape index (κ2) is 9.28. The van der Waals surface area contributed by atoms with Crippen molar-refractivity contribution in [1.82, 2.24) is 4.90 Å². The average molecular weight is 456 g/mol. The van der Waals surface area contributed by atoms with Gasteiger partial charge < -0.3 is 9.64 Å². The number of amides is 1. The van der Waals surface area contributed by atoms with Crippen LogP contribution in [0.4, 0.5) is 4.39 Å². The Bertz CT molecular complexity index is 1220. The van der Waals surface area contributed by atoms with Gasteiger partial charge in [-0.05, 0) is 41.3 Å². The largest absolute Gasteiger partial charge is 0.478 e. The van der Waals surface area contributed by atoms with Gasteiger partial charge in [-0.2, -0.15) is 0 Å². The number of hydrogen-bond donors (Lipinski definition) is 0. The standard InChI is InChI=1S/C25H26FNO4S/c1-2-23(31-24-13-6-5-12-22(24)26)25(28)27(20-14-15-32(29,30)17-20)16-19-10-7-9-18-8-3-4-11-21(18)19/h3-13,20,23H,2,14-17H2,1H3/t20-,23+/m1/s1. The number of fused-ring (bicyclic) bond motifs is 1. The molecule has 0 spiro atoms. The van der Waals surface area contributed by atoms with Crippen molar-refractivity contribution in [1.29, 1.82) is 0 Å². The van der Waals surface area contributed by atoms with E-state index in [0.717, 1.165) is 16.3 Å². The van der Waals surface area contributed by atoms with Gasteiger partial charge in [0, 0.05) is 12.6 Å². The van der Waals surface area contributed by atoms with Gasteiger partial charge in [0.2, 0.25) is 0 Å². The third-order valence-electron chi connectivity index (χ3n) is 5.90. The number of benzene rings is 3. The third kappa shape index (κ3) is 4.78. The van der Waals surface area contributed by atoms with Crippen molar-refractivity contribution >= 4 is 26.5 Å². The summed E-state index contributed by atoms with van der Waals surface area (Å²) in [5.41, 5.74) is 0.932. The molecule has 3 aromatic rings. The number of para-hydroxylation sites is 1. The molecule has 32 heavy (non-hydrogen) atoms. The van der Waals surface area contributed by atoms with E-state index in [1.165, 1.54) is 12.1 Å². The molecule has 5 nitrogen and oxygen atoms in total. The smallest absolute Gasteiger partial charge is 0.264 e. The Kier molecular flexibility index (Phi) is 6.46. The van der Waals surface area contributed by atoms with Crippen LogP contribution in [0.1, 0.15) is 25.3 Å². The van der Waals surface area contributed by atoms with E-state index < -0.39 is 27.8 Å². The van der Waals surface area contributed by atoms with Crippen LogP contribution in [0.15, 0.2) is 66.7 Å². The molecule has 1 fully saturated rings. The quantitative estimate of drug-likeness (QED) is 0.531. The molecular weight excluding hydrogens is 429 g/mol. The van der Waals surface area contributed by atoms with Crippen LogP contribution in [-0.2, 0) is 21.2 Å². The lowest BCUT2D eigenvalue weighted by atomic mass is 10.0. The van der Waals surface area contributed by atoms with E-state index in [1.807, 2.05) is 42.5 Å². The molecule has 0 unspecified atom stereocenters. The molecule has 3 aromatic carbocycles. The van der Waals surface area contributed by atoms with E-state index in [-0.39, 0.29) is 29.7 Å². The second-order valence-corrected chi connectivity index (χ2v) is 10.3. The Balaban J connectivity index is 1.67. The number of halogens is 1. The molecule has 0 saturated carbocycles. The summed E-state index contributed by atoms with van der Waals surface area (Å²) in [6.45, 7) is 2.06. The summed E-state index contributed by atoms with van der Waals surface area (Å²) in [6.07, 6.45) is -0.196. The highest BCUT2D eigenvalue weighted by Gasteiger charge is 2.37. The number of ether oxygens (including phenoxy) is 1. The minimum absolute atomic E-state index is 0.0110. The minimum atomic E-state index is -3.20. The van der Waals surface area contributed by atoms with Gasteiger partial charge >= 0.3 is 0 Å². The van der Waals surface area contributed by atoms with E-state index >= 15 is 0 Å². The Morgan fingerprint density at radius 1 is 1.09 bits per heavy atom. The van der Waals surface area contributed by atoms with E-state index in [2.05, 4.69) is 0 Å². The zero-order valence-electron chi connectivity index (χ0n) is 17.9. The van der Waals surface area contributed by atoms with E-state index in [0.29, 0.717) is 12.8 Å². The number of carbonyl (C=O) groups is 1. The summed E-state index contributed by atoms with van der Waals surface area (Å²) < 4.78 is 44.3. The van der Waals surface area contributed by atoms with Gasteiger partial charge in [0.15, 0.2) is 27.5 Å². The Morgan fingerprint density at radius 3 is 2.53 bits per heavy atom. The first kappa shape index (κ1) is 22.3. The van der Waals surface area contributed by atoms with Crippen LogP contribution in [0.2, 0.25) is 0 Å². The Hall–Kier alpha value is -2.93. The average Bonchev–Trinajstić information content (AvgIpc) is 3.15. The van der Waals surface area contributed by atoms with Crippen LogP contribution in [0.25, 0.3) is 10.8 Å². The van der Waals surface area contributed by atoms with Crippen molar-refractivity contribution in [2.45, 2.75) is 38.5 Å². The number of rotatable bonds is 7. The van der Waals surface area contributed by atoms with Crippen LogP contribution >= 0.6 is 0 Å². The number of hydrogen-bond acceptors (Lipinski definition) is 4. The van der Waals surface area contributed by atoms with Crippen LogP contribution < -0.4 is 4.74 Å². The molecule has 1 amide bonds. The molecule has 0 aromatic heterocycles. The predicted molar refractivity (Wildman–Crippen MR) is 123 cm³/mol. The SMILES string of the molecule is CC[C@H](Oc1ccccc1F)C(=O)N(Cc1cccc2ccccc12)[C@@H]1CCS(=O)(=O)C1. The maximum atomic E-state index is 14.1. The van der Waals surface area contributed by atoms with Gasteiger partial charge in [-0.3, -0.25) is 4.79 Å². The fourth-order valence-electron chi connectivity index (χ4n) is 4.21. The summed E-state index contributed by atoms with van der Waals surface area (Å²) in [5, 5.41) is 2.06. The topological polar surface area (TPSA) is 63.7 Å². The molecule has 7 heteroatoms. The molecule has 1 heterocycles.